The molecule has 0 atom stereocenters. The van der Waals surface area contributed by atoms with Gasteiger partial charge in [0.05, 0.1) is 45.4 Å². The number of esters is 1. The maximum absolute atomic E-state index is 13.4. The number of likely N-dealkylation sites (N-methyl/N-ethyl adjacent to an activating group) is 1. The van der Waals surface area contributed by atoms with Gasteiger partial charge in [0, 0.05) is 49.5 Å². The minimum absolute atomic E-state index is 0.231. The number of aromatic nitrogens is 1. The van der Waals surface area contributed by atoms with Crippen LogP contribution in [0.2, 0.25) is 0 Å². The molecule has 0 radical (unpaired) electrons. The normalized spacial score (nSPS) is 17.1. The van der Waals surface area contributed by atoms with E-state index in [1.54, 1.807) is 29.5 Å². The first-order chi connectivity index (χ1) is 19.0. The number of amides is 1. The van der Waals surface area contributed by atoms with Gasteiger partial charge in [0.15, 0.2) is 0 Å². The Kier molecular flexibility index (Phi) is 6.86. The van der Waals surface area contributed by atoms with Gasteiger partial charge in [-0.05, 0) is 49.0 Å². The van der Waals surface area contributed by atoms with Crippen molar-refractivity contribution >= 4 is 56.1 Å². The second kappa shape index (κ2) is 10.6. The third-order valence-corrected chi connectivity index (χ3v) is 8.07. The van der Waals surface area contributed by atoms with E-state index in [1.165, 1.54) is 12.7 Å². The second-order valence-electron chi connectivity index (χ2n) is 9.89. The average molecular weight is 540 g/mol. The molecular formula is C30H29N5O3S. The number of hydrogen-bond acceptors (Lipinski definition) is 8. The summed E-state index contributed by atoms with van der Waals surface area (Å²) in [6.07, 6.45) is 0. The summed E-state index contributed by atoms with van der Waals surface area (Å²) in [5.41, 5.74) is 8.66. The molecule has 198 valence electrons. The molecule has 0 bridgehead atoms. The zero-order valence-corrected chi connectivity index (χ0v) is 22.7. The zero-order chi connectivity index (χ0) is 26.9. The molecule has 1 saturated heterocycles. The molecule has 1 fully saturated rings. The van der Waals surface area contributed by atoms with Crippen molar-refractivity contribution in [3.63, 3.8) is 0 Å². The van der Waals surface area contributed by atoms with E-state index in [-0.39, 0.29) is 5.91 Å². The first kappa shape index (κ1) is 25.2. The van der Waals surface area contributed by atoms with Crippen LogP contribution >= 0.6 is 11.3 Å². The number of hydrogen-bond donors (Lipinski definition) is 2. The maximum atomic E-state index is 13.4. The number of ether oxygens (including phenoxy) is 1. The lowest BCUT2D eigenvalue weighted by atomic mass is 9.98. The third-order valence-electron chi connectivity index (χ3n) is 7.28. The molecule has 4 aromatic rings. The van der Waals surface area contributed by atoms with E-state index in [4.69, 9.17) is 4.74 Å². The molecule has 1 amide bonds. The molecule has 9 heteroatoms. The lowest BCUT2D eigenvalue weighted by Gasteiger charge is -2.32. The van der Waals surface area contributed by atoms with Gasteiger partial charge < -0.3 is 20.3 Å². The van der Waals surface area contributed by atoms with Crippen LogP contribution in [0.25, 0.3) is 21.5 Å². The van der Waals surface area contributed by atoms with Crippen LogP contribution in [0.5, 0.6) is 0 Å². The van der Waals surface area contributed by atoms with Crippen LogP contribution in [-0.4, -0.2) is 67.0 Å². The standard InChI is InChI=1S/C30H29N5O3S/c1-34-11-13-35(14-12-34)17-19-3-7-22(8-4-19)32-28(20-6-10-24-26(16-20)39-18-31-24)27-23-9-5-21(30(37)38-2)15-25(23)33-29(27)36/h3-10,15-16,18,32H,11-14,17H2,1-2H3,(H,33,36). The summed E-state index contributed by atoms with van der Waals surface area (Å²) < 4.78 is 5.89. The number of piperazine rings is 1. The van der Waals surface area contributed by atoms with Gasteiger partial charge >= 0.3 is 5.97 Å². The van der Waals surface area contributed by atoms with Gasteiger partial charge in [0.25, 0.3) is 5.91 Å². The number of benzene rings is 3. The topological polar surface area (TPSA) is 86.8 Å². The molecule has 0 aliphatic carbocycles. The number of nitrogens with zero attached hydrogens (tertiary/aromatic N) is 3. The Labute approximate surface area is 230 Å². The molecule has 0 unspecified atom stereocenters. The predicted octanol–water partition coefficient (Wildman–Crippen LogP) is 4.76. The number of fused-ring (bicyclic) bond motifs is 2. The molecule has 39 heavy (non-hydrogen) atoms. The van der Waals surface area contributed by atoms with Crippen LogP contribution < -0.4 is 10.6 Å². The van der Waals surface area contributed by atoms with Gasteiger partial charge in [0.1, 0.15) is 0 Å². The van der Waals surface area contributed by atoms with Crippen LogP contribution in [0.4, 0.5) is 11.4 Å². The summed E-state index contributed by atoms with van der Waals surface area (Å²) in [6.45, 7) is 5.23. The molecule has 0 saturated carbocycles. The molecule has 3 aromatic carbocycles. The maximum Gasteiger partial charge on any atom is 0.337 e. The number of carbonyl (C=O) groups excluding carboxylic acids is 2. The van der Waals surface area contributed by atoms with Crippen molar-refractivity contribution in [2.45, 2.75) is 6.54 Å². The summed E-state index contributed by atoms with van der Waals surface area (Å²) >= 11 is 1.56. The number of rotatable bonds is 6. The highest BCUT2D eigenvalue weighted by Crippen LogP contribution is 2.39. The summed E-state index contributed by atoms with van der Waals surface area (Å²) in [4.78, 5) is 34.7. The smallest absolute Gasteiger partial charge is 0.337 e. The largest absolute Gasteiger partial charge is 0.465 e. The highest BCUT2D eigenvalue weighted by atomic mass is 32.1. The van der Waals surface area contributed by atoms with E-state index in [0.29, 0.717) is 22.5 Å². The van der Waals surface area contributed by atoms with E-state index in [1.807, 2.05) is 17.6 Å². The first-order valence-electron chi connectivity index (χ1n) is 12.9. The third kappa shape index (κ3) is 5.16. The minimum atomic E-state index is -0.449. The van der Waals surface area contributed by atoms with Gasteiger partial charge in [-0.1, -0.05) is 24.3 Å². The number of nitrogens with one attached hydrogen (secondary N) is 2. The molecule has 2 aliphatic rings. The molecule has 0 spiro atoms. The predicted molar refractivity (Wildman–Crippen MR) is 156 cm³/mol. The quantitative estimate of drug-likeness (QED) is 0.270. The number of methoxy groups -OCH3 is 1. The van der Waals surface area contributed by atoms with Crippen molar-refractivity contribution in [2.75, 3.05) is 51.0 Å². The summed E-state index contributed by atoms with van der Waals surface area (Å²) in [7, 11) is 3.51. The van der Waals surface area contributed by atoms with Crippen LogP contribution in [0.1, 0.15) is 27.0 Å². The summed E-state index contributed by atoms with van der Waals surface area (Å²) in [5, 5.41) is 6.47. The van der Waals surface area contributed by atoms with Gasteiger partial charge in [0.2, 0.25) is 0 Å². The van der Waals surface area contributed by atoms with Crippen LogP contribution in [0, 0.1) is 0 Å². The molecule has 8 nitrogen and oxygen atoms in total. The fraction of sp³-hybridized carbons (Fsp3) is 0.233. The Morgan fingerprint density at radius 2 is 1.79 bits per heavy atom. The molecule has 6 rings (SSSR count). The molecule has 3 heterocycles. The Balaban J connectivity index is 1.36. The van der Waals surface area contributed by atoms with Crippen molar-refractivity contribution in [3.8, 4) is 0 Å². The van der Waals surface area contributed by atoms with Crippen molar-refractivity contribution in [3.05, 3.63) is 88.4 Å². The van der Waals surface area contributed by atoms with Crippen LogP contribution in [0.15, 0.2) is 66.2 Å². The van der Waals surface area contributed by atoms with Crippen molar-refractivity contribution in [1.29, 1.82) is 0 Å². The van der Waals surface area contributed by atoms with E-state index in [2.05, 4.69) is 62.8 Å². The Hall–Kier alpha value is -4.05. The SMILES string of the molecule is COC(=O)c1ccc2c(c1)NC(=O)C2=C(Nc1ccc(CN2CCN(C)CC2)cc1)c1ccc2ncsc2c1. The second-order valence-corrected chi connectivity index (χ2v) is 10.8. The van der Waals surface area contributed by atoms with E-state index in [0.717, 1.165) is 59.8 Å². The van der Waals surface area contributed by atoms with Gasteiger partial charge in [-0.15, -0.1) is 11.3 Å². The lowest BCUT2D eigenvalue weighted by molar-refractivity contribution is -0.110. The van der Waals surface area contributed by atoms with Gasteiger partial charge in [-0.25, -0.2) is 9.78 Å². The fourth-order valence-electron chi connectivity index (χ4n) is 5.06. The number of carbonyl (C=O) groups is 2. The van der Waals surface area contributed by atoms with Crippen molar-refractivity contribution < 1.29 is 14.3 Å². The highest BCUT2D eigenvalue weighted by molar-refractivity contribution is 7.16. The Morgan fingerprint density at radius 1 is 1.03 bits per heavy atom. The molecule has 2 aliphatic heterocycles. The molecular weight excluding hydrogens is 510 g/mol. The Morgan fingerprint density at radius 3 is 2.56 bits per heavy atom. The number of anilines is 2. The average Bonchev–Trinajstić information content (AvgIpc) is 3.56. The summed E-state index contributed by atoms with van der Waals surface area (Å²) in [6, 6.07) is 19.5. The van der Waals surface area contributed by atoms with Crippen LogP contribution in [-0.2, 0) is 16.1 Å². The first-order valence-corrected chi connectivity index (χ1v) is 13.8. The van der Waals surface area contributed by atoms with Crippen molar-refractivity contribution in [1.82, 2.24) is 14.8 Å². The summed E-state index contributed by atoms with van der Waals surface area (Å²) in [5.74, 6) is -0.680. The van der Waals surface area contributed by atoms with Gasteiger partial charge in [-0.2, -0.15) is 0 Å². The zero-order valence-electron chi connectivity index (χ0n) is 21.9. The van der Waals surface area contributed by atoms with Gasteiger partial charge in [-0.3, -0.25) is 9.69 Å². The Bertz CT molecular complexity index is 1590. The molecule has 1 aromatic heterocycles. The fourth-order valence-corrected chi connectivity index (χ4v) is 5.77. The molecule has 2 N–H and O–H groups in total. The number of thiazole rings is 1. The minimum Gasteiger partial charge on any atom is -0.465 e. The monoisotopic (exact) mass is 539 g/mol. The van der Waals surface area contributed by atoms with E-state index >= 15 is 0 Å². The van der Waals surface area contributed by atoms with Crippen LogP contribution in [0.3, 0.4) is 0 Å². The lowest BCUT2D eigenvalue weighted by Crippen LogP contribution is -2.43. The van der Waals surface area contributed by atoms with Crippen molar-refractivity contribution in [2.24, 2.45) is 0 Å². The highest BCUT2D eigenvalue weighted by Gasteiger charge is 2.29. The van der Waals surface area contributed by atoms with E-state index in [9.17, 15) is 9.59 Å². The van der Waals surface area contributed by atoms with E-state index < -0.39 is 5.97 Å².